The Morgan fingerprint density at radius 3 is 2.70 bits per heavy atom. The molecule has 2 heterocycles. The molecule has 0 radical (unpaired) electrons. The van der Waals surface area contributed by atoms with Crippen molar-refractivity contribution >= 4 is 17.5 Å². The van der Waals surface area contributed by atoms with Crippen LogP contribution in [0.1, 0.15) is 18.4 Å². The number of nitriles is 1. The SMILES string of the molecule is CN(C[C@@H]1CCCN1C)C(=O)C(=O)Nc1ccc(-n2cc(C#N)cn2)cc1. The number of carbonyl (C=O) groups excluding carboxylic acids is 2. The summed E-state index contributed by atoms with van der Waals surface area (Å²) in [6, 6.07) is 9.22. The molecule has 0 spiro atoms. The number of rotatable bonds is 4. The lowest BCUT2D eigenvalue weighted by Gasteiger charge is -2.25. The number of anilines is 1. The molecule has 1 aliphatic heterocycles. The Labute approximate surface area is 158 Å². The lowest BCUT2D eigenvalue weighted by molar-refractivity contribution is -0.142. The van der Waals surface area contributed by atoms with Crippen molar-refractivity contribution in [2.75, 3.05) is 32.5 Å². The summed E-state index contributed by atoms with van der Waals surface area (Å²) in [5, 5.41) is 15.6. The van der Waals surface area contributed by atoms with E-state index in [0.717, 1.165) is 25.1 Å². The number of amides is 2. The molecule has 1 atom stereocenters. The van der Waals surface area contributed by atoms with Gasteiger partial charge in [-0.05, 0) is 50.7 Å². The fourth-order valence-electron chi connectivity index (χ4n) is 3.19. The smallest absolute Gasteiger partial charge is 0.313 e. The highest BCUT2D eigenvalue weighted by Gasteiger charge is 2.26. The van der Waals surface area contributed by atoms with Crippen molar-refractivity contribution in [3.8, 4) is 11.8 Å². The summed E-state index contributed by atoms with van der Waals surface area (Å²) < 4.78 is 1.57. The molecule has 0 saturated carbocycles. The summed E-state index contributed by atoms with van der Waals surface area (Å²) in [4.78, 5) is 28.2. The number of carbonyl (C=O) groups is 2. The maximum absolute atomic E-state index is 12.3. The van der Waals surface area contributed by atoms with Crippen LogP contribution in [0.2, 0.25) is 0 Å². The van der Waals surface area contributed by atoms with Crippen LogP contribution < -0.4 is 5.32 Å². The van der Waals surface area contributed by atoms with Crippen molar-refractivity contribution in [3.63, 3.8) is 0 Å². The Kier molecular flexibility index (Phi) is 5.52. The van der Waals surface area contributed by atoms with Crippen LogP contribution in [0.25, 0.3) is 5.69 Å². The molecule has 27 heavy (non-hydrogen) atoms. The third kappa shape index (κ3) is 4.33. The van der Waals surface area contributed by atoms with E-state index in [1.165, 1.54) is 11.1 Å². The first kappa shape index (κ1) is 18.6. The highest BCUT2D eigenvalue weighted by atomic mass is 16.2. The highest BCUT2D eigenvalue weighted by molar-refractivity contribution is 6.39. The predicted octanol–water partition coefficient (Wildman–Crippen LogP) is 1.24. The molecule has 1 N–H and O–H groups in total. The molecular weight excluding hydrogens is 344 g/mol. The summed E-state index contributed by atoms with van der Waals surface area (Å²) >= 11 is 0. The van der Waals surface area contributed by atoms with Crippen LogP contribution in [-0.2, 0) is 9.59 Å². The number of likely N-dealkylation sites (tertiary alicyclic amines) is 1. The van der Waals surface area contributed by atoms with Crippen LogP contribution in [0.15, 0.2) is 36.7 Å². The van der Waals surface area contributed by atoms with Crippen LogP contribution >= 0.6 is 0 Å². The van der Waals surface area contributed by atoms with E-state index in [1.54, 1.807) is 42.2 Å². The van der Waals surface area contributed by atoms with Crippen molar-refractivity contribution < 1.29 is 9.59 Å². The Hall–Kier alpha value is -3.18. The highest BCUT2D eigenvalue weighted by Crippen LogP contribution is 2.16. The van der Waals surface area contributed by atoms with Gasteiger partial charge in [0.25, 0.3) is 0 Å². The normalized spacial score (nSPS) is 16.7. The van der Waals surface area contributed by atoms with Gasteiger partial charge in [-0.3, -0.25) is 9.59 Å². The molecular formula is C19H22N6O2. The molecule has 1 aliphatic rings. The van der Waals surface area contributed by atoms with Gasteiger partial charge in [0.05, 0.1) is 17.4 Å². The van der Waals surface area contributed by atoms with Gasteiger partial charge in [-0.15, -0.1) is 0 Å². The molecule has 0 aliphatic carbocycles. The summed E-state index contributed by atoms with van der Waals surface area (Å²) in [6.07, 6.45) is 5.25. The average molecular weight is 366 g/mol. The van der Waals surface area contributed by atoms with E-state index in [4.69, 9.17) is 5.26 Å². The standard InChI is InChI=1S/C19H22N6O2/c1-23-9-3-4-17(23)13-24(2)19(27)18(26)22-15-5-7-16(8-6-15)25-12-14(10-20)11-21-25/h5-8,11-12,17H,3-4,9,13H2,1-2H3,(H,22,26)/t17-/m0/s1. The fourth-order valence-corrected chi connectivity index (χ4v) is 3.19. The number of nitrogens with one attached hydrogen (secondary N) is 1. The molecule has 1 aromatic carbocycles. The van der Waals surface area contributed by atoms with Crippen molar-refractivity contribution in [1.82, 2.24) is 19.6 Å². The molecule has 0 bridgehead atoms. The van der Waals surface area contributed by atoms with E-state index in [2.05, 4.69) is 15.3 Å². The molecule has 1 aromatic heterocycles. The first-order chi connectivity index (χ1) is 13.0. The summed E-state index contributed by atoms with van der Waals surface area (Å²) in [7, 11) is 3.69. The van der Waals surface area contributed by atoms with Crippen LogP contribution in [0.3, 0.4) is 0 Å². The van der Waals surface area contributed by atoms with E-state index >= 15 is 0 Å². The van der Waals surface area contributed by atoms with Gasteiger partial charge in [0.15, 0.2) is 0 Å². The maximum atomic E-state index is 12.3. The first-order valence-electron chi connectivity index (χ1n) is 8.80. The van der Waals surface area contributed by atoms with Crippen LogP contribution in [-0.4, -0.2) is 64.6 Å². The van der Waals surface area contributed by atoms with Crippen molar-refractivity contribution in [2.24, 2.45) is 0 Å². The van der Waals surface area contributed by atoms with Crippen molar-refractivity contribution in [1.29, 1.82) is 5.26 Å². The van der Waals surface area contributed by atoms with Gasteiger partial charge in [-0.2, -0.15) is 10.4 Å². The van der Waals surface area contributed by atoms with E-state index in [-0.39, 0.29) is 0 Å². The molecule has 2 amide bonds. The first-order valence-corrected chi connectivity index (χ1v) is 8.80. The monoisotopic (exact) mass is 366 g/mol. The van der Waals surface area contributed by atoms with Gasteiger partial charge in [0, 0.05) is 31.5 Å². The largest absolute Gasteiger partial charge is 0.336 e. The van der Waals surface area contributed by atoms with Crippen molar-refractivity contribution in [3.05, 3.63) is 42.2 Å². The number of likely N-dealkylation sites (N-methyl/N-ethyl adjacent to an activating group) is 2. The maximum Gasteiger partial charge on any atom is 0.313 e. The van der Waals surface area contributed by atoms with Crippen molar-refractivity contribution in [2.45, 2.75) is 18.9 Å². The number of benzene rings is 1. The molecule has 140 valence electrons. The second-order valence-electron chi connectivity index (χ2n) is 6.75. The molecule has 1 fully saturated rings. The minimum absolute atomic E-state index is 0.304. The lowest BCUT2D eigenvalue weighted by Crippen LogP contribution is -2.43. The summed E-state index contributed by atoms with van der Waals surface area (Å²) in [5.41, 5.74) is 1.74. The van der Waals surface area contributed by atoms with Crippen LogP contribution in [0.4, 0.5) is 5.69 Å². The fraction of sp³-hybridized carbons (Fsp3) is 0.368. The molecule has 2 aromatic rings. The number of hydrogen-bond donors (Lipinski definition) is 1. The van der Waals surface area contributed by atoms with Gasteiger partial charge >= 0.3 is 11.8 Å². The van der Waals surface area contributed by atoms with Crippen LogP contribution in [0.5, 0.6) is 0 Å². The second-order valence-corrected chi connectivity index (χ2v) is 6.75. The van der Waals surface area contributed by atoms with Crippen LogP contribution in [0, 0.1) is 11.3 Å². The van der Waals surface area contributed by atoms with Gasteiger partial charge < -0.3 is 15.1 Å². The Morgan fingerprint density at radius 2 is 2.11 bits per heavy atom. The lowest BCUT2D eigenvalue weighted by atomic mass is 10.2. The molecule has 8 nitrogen and oxygen atoms in total. The minimum Gasteiger partial charge on any atom is -0.336 e. The molecule has 0 unspecified atom stereocenters. The predicted molar refractivity (Wildman–Crippen MR) is 100 cm³/mol. The number of nitrogens with zero attached hydrogens (tertiary/aromatic N) is 5. The molecule has 3 rings (SSSR count). The summed E-state index contributed by atoms with van der Waals surface area (Å²) in [6.45, 7) is 1.57. The Balaban J connectivity index is 1.58. The average Bonchev–Trinajstić information content (AvgIpc) is 3.31. The third-order valence-corrected chi connectivity index (χ3v) is 4.80. The zero-order valence-corrected chi connectivity index (χ0v) is 15.4. The Morgan fingerprint density at radius 1 is 1.37 bits per heavy atom. The third-order valence-electron chi connectivity index (χ3n) is 4.80. The summed E-state index contributed by atoms with van der Waals surface area (Å²) in [5.74, 6) is -1.21. The zero-order chi connectivity index (χ0) is 19.4. The zero-order valence-electron chi connectivity index (χ0n) is 15.4. The second kappa shape index (κ2) is 8.01. The Bertz CT molecular complexity index is 867. The van der Waals surface area contributed by atoms with E-state index in [1.807, 2.05) is 13.1 Å². The van der Waals surface area contributed by atoms with E-state index in [9.17, 15) is 9.59 Å². The van der Waals surface area contributed by atoms with E-state index in [0.29, 0.717) is 23.8 Å². The topological polar surface area (TPSA) is 94.3 Å². The quantitative estimate of drug-likeness (QED) is 0.822. The van der Waals surface area contributed by atoms with Gasteiger partial charge in [0.1, 0.15) is 6.07 Å². The van der Waals surface area contributed by atoms with Gasteiger partial charge in [-0.25, -0.2) is 4.68 Å². The van der Waals surface area contributed by atoms with Gasteiger partial charge in [-0.1, -0.05) is 0 Å². The number of aromatic nitrogens is 2. The molecule has 1 saturated heterocycles. The minimum atomic E-state index is -0.656. The number of hydrogen-bond acceptors (Lipinski definition) is 5. The van der Waals surface area contributed by atoms with E-state index < -0.39 is 11.8 Å². The molecule has 8 heteroatoms. The van der Waals surface area contributed by atoms with Gasteiger partial charge in [0.2, 0.25) is 0 Å².